The van der Waals surface area contributed by atoms with E-state index in [1.54, 1.807) is 4.90 Å². The zero-order chi connectivity index (χ0) is 23.8. The van der Waals surface area contributed by atoms with Crippen LogP contribution in [0.25, 0.3) is 0 Å². The van der Waals surface area contributed by atoms with E-state index >= 15 is 0 Å². The average molecular weight is 450 g/mol. The lowest BCUT2D eigenvalue weighted by atomic mass is 9.86. The highest BCUT2D eigenvalue weighted by molar-refractivity contribution is 5.95. The Bertz CT molecular complexity index is 1020. The van der Waals surface area contributed by atoms with E-state index in [1.807, 2.05) is 48.2 Å². The van der Waals surface area contributed by atoms with E-state index in [-0.39, 0.29) is 17.4 Å². The third kappa shape index (κ3) is 5.00. The van der Waals surface area contributed by atoms with Gasteiger partial charge in [-0.3, -0.25) is 9.69 Å². The molecule has 0 N–H and O–H groups in total. The summed E-state index contributed by atoms with van der Waals surface area (Å²) in [5.41, 5.74) is 3.69. The lowest BCUT2D eigenvalue weighted by Gasteiger charge is -2.37. The number of likely N-dealkylation sites (tertiary alicyclic amines) is 1. The van der Waals surface area contributed by atoms with Crippen LogP contribution in [0.15, 0.2) is 48.5 Å². The Morgan fingerprint density at radius 1 is 1.06 bits per heavy atom. The number of amides is 2. The molecule has 6 nitrogen and oxygen atoms in total. The van der Waals surface area contributed by atoms with Crippen LogP contribution in [0.5, 0.6) is 0 Å². The average Bonchev–Trinajstić information content (AvgIpc) is 3.08. The number of ether oxygens (including phenoxy) is 1. The molecule has 0 aliphatic carbocycles. The van der Waals surface area contributed by atoms with E-state index in [0.29, 0.717) is 44.6 Å². The van der Waals surface area contributed by atoms with Crippen molar-refractivity contribution in [3.8, 4) is 0 Å². The third-order valence-corrected chi connectivity index (χ3v) is 6.81. The molecule has 1 spiro atoms. The van der Waals surface area contributed by atoms with Crippen molar-refractivity contribution < 1.29 is 14.3 Å². The summed E-state index contributed by atoms with van der Waals surface area (Å²) >= 11 is 0. The molecule has 33 heavy (non-hydrogen) atoms. The number of rotatable bonds is 4. The lowest BCUT2D eigenvalue weighted by molar-refractivity contribution is 0.00313. The molecule has 2 saturated heterocycles. The van der Waals surface area contributed by atoms with Crippen LogP contribution in [0, 0.1) is 0 Å². The Morgan fingerprint density at radius 2 is 1.73 bits per heavy atom. The maximum Gasteiger partial charge on any atom is 0.410 e. The van der Waals surface area contributed by atoms with Crippen molar-refractivity contribution in [2.45, 2.75) is 51.2 Å². The van der Waals surface area contributed by atoms with E-state index in [4.69, 9.17) is 4.74 Å². The molecule has 2 aromatic rings. The van der Waals surface area contributed by atoms with Gasteiger partial charge in [0.25, 0.3) is 5.91 Å². The molecule has 0 bridgehead atoms. The van der Waals surface area contributed by atoms with Gasteiger partial charge in [-0.25, -0.2) is 4.79 Å². The molecule has 0 aromatic heterocycles. The summed E-state index contributed by atoms with van der Waals surface area (Å²) in [5, 5.41) is 0. The maximum absolute atomic E-state index is 13.0. The Labute approximate surface area is 197 Å². The van der Waals surface area contributed by atoms with Crippen LogP contribution in [0.4, 0.5) is 10.5 Å². The Morgan fingerprint density at radius 3 is 2.33 bits per heavy atom. The molecular formula is C27H35N3O3. The Kier molecular flexibility index (Phi) is 6.12. The number of carbonyl (C=O) groups is 2. The molecule has 2 aliphatic heterocycles. The summed E-state index contributed by atoms with van der Waals surface area (Å²) in [6.45, 7) is 8.88. The SMILES string of the molecule is CN(C)c1cccc(C(=O)N2CCC3(CC2)CN(Cc2ccc(C(C)(C)C)cc2)C(=O)O3)c1. The fourth-order valence-electron chi connectivity index (χ4n) is 4.62. The minimum absolute atomic E-state index is 0.0358. The highest BCUT2D eigenvalue weighted by Gasteiger charge is 2.47. The van der Waals surface area contributed by atoms with Gasteiger partial charge < -0.3 is 14.5 Å². The number of carbonyl (C=O) groups excluding carboxylic acids is 2. The van der Waals surface area contributed by atoms with Crippen molar-refractivity contribution >= 4 is 17.7 Å². The third-order valence-electron chi connectivity index (χ3n) is 6.81. The van der Waals surface area contributed by atoms with Gasteiger partial charge in [0.2, 0.25) is 0 Å². The second-order valence-electron chi connectivity index (χ2n) is 10.6. The first-order valence-electron chi connectivity index (χ1n) is 11.7. The topological polar surface area (TPSA) is 53.1 Å². The number of nitrogens with zero attached hydrogens (tertiary/aromatic N) is 3. The van der Waals surface area contributed by atoms with Crippen LogP contribution < -0.4 is 4.90 Å². The molecule has 2 amide bonds. The molecular weight excluding hydrogens is 414 g/mol. The first-order chi connectivity index (χ1) is 15.6. The van der Waals surface area contributed by atoms with Crippen molar-refractivity contribution in [2.75, 3.05) is 38.6 Å². The van der Waals surface area contributed by atoms with Crippen LogP contribution in [-0.4, -0.2) is 61.1 Å². The standard InChI is InChI=1S/C27H35N3O3/c1-26(2,3)22-11-9-20(10-12-22)18-30-19-27(33-25(30)32)13-15-29(16-14-27)24(31)21-7-6-8-23(17-21)28(4)5/h6-12,17H,13-16,18-19H2,1-5H3. The van der Waals surface area contributed by atoms with Gasteiger partial charge in [0.1, 0.15) is 5.60 Å². The van der Waals surface area contributed by atoms with E-state index < -0.39 is 5.60 Å². The molecule has 4 rings (SSSR count). The second kappa shape index (κ2) is 8.73. The van der Waals surface area contributed by atoms with Gasteiger partial charge in [0, 0.05) is 57.8 Å². The highest BCUT2D eigenvalue weighted by atomic mass is 16.6. The molecule has 176 valence electrons. The monoisotopic (exact) mass is 449 g/mol. The molecule has 0 unspecified atom stereocenters. The predicted octanol–water partition coefficient (Wildman–Crippen LogP) is 4.68. The fourth-order valence-corrected chi connectivity index (χ4v) is 4.62. The summed E-state index contributed by atoms with van der Waals surface area (Å²) in [4.78, 5) is 31.3. The molecule has 2 aliphatic rings. The Hall–Kier alpha value is -3.02. The quantitative estimate of drug-likeness (QED) is 0.680. The number of benzene rings is 2. The number of hydrogen-bond donors (Lipinski definition) is 0. The number of piperidine rings is 1. The molecule has 2 heterocycles. The minimum atomic E-state index is -0.495. The summed E-state index contributed by atoms with van der Waals surface area (Å²) in [6, 6.07) is 16.2. The fraction of sp³-hybridized carbons (Fsp3) is 0.481. The van der Waals surface area contributed by atoms with Crippen molar-refractivity contribution in [1.82, 2.24) is 9.80 Å². The van der Waals surface area contributed by atoms with Crippen LogP contribution >= 0.6 is 0 Å². The van der Waals surface area contributed by atoms with Gasteiger partial charge >= 0.3 is 6.09 Å². The van der Waals surface area contributed by atoms with Gasteiger partial charge in [-0.1, -0.05) is 51.1 Å². The molecule has 0 atom stereocenters. The molecule has 2 aromatic carbocycles. The van der Waals surface area contributed by atoms with Gasteiger partial charge in [-0.15, -0.1) is 0 Å². The van der Waals surface area contributed by atoms with Gasteiger partial charge in [-0.2, -0.15) is 0 Å². The van der Waals surface area contributed by atoms with Gasteiger partial charge in [-0.05, 0) is 34.7 Å². The predicted molar refractivity (Wildman–Crippen MR) is 131 cm³/mol. The summed E-state index contributed by atoms with van der Waals surface area (Å²) in [7, 11) is 3.93. The molecule has 0 radical (unpaired) electrons. The van der Waals surface area contributed by atoms with Crippen molar-refractivity contribution in [2.24, 2.45) is 0 Å². The zero-order valence-corrected chi connectivity index (χ0v) is 20.4. The molecule has 0 saturated carbocycles. The Balaban J connectivity index is 1.36. The van der Waals surface area contributed by atoms with E-state index in [9.17, 15) is 9.59 Å². The van der Waals surface area contributed by atoms with Gasteiger partial charge in [0.15, 0.2) is 0 Å². The first kappa shape index (κ1) is 23.1. The van der Waals surface area contributed by atoms with E-state index in [1.165, 1.54) is 5.56 Å². The lowest BCUT2D eigenvalue weighted by Crippen LogP contribution is -2.48. The first-order valence-corrected chi connectivity index (χ1v) is 11.7. The number of anilines is 1. The number of hydrogen-bond acceptors (Lipinski definition) is 4. The second-order valence-corrected chi connectivity index (χ2v) is 10.6. The van der Waals surface area contributed by atoms with Crippen LogP contribution in [0.2, 0.25) is 0 Å². The maximum atomic E-state index is 13.0. The van der Waals surface area contributed by atoms with Crippen LogP contribution in [-0.2, 0) is 16.7 Å². The van der Waals surface area contributed by atoms with Crippen molar-refractivity contribution in [1.29, 1.82) is 0 Å². The zero-order valence-electron chi connectivity index (χ0n) is 20.4. The summed E-state index contributed by atoms with van der Waals surface area (Å²) in [6.07, 6.45) is 1.07. The highest BCUT2D eigenvalue weighted by Crippen LogP contribution is 2.34. The summed E-state index contributed by atoms with van der Waals surface area (Å²) < 4.78 is 5.88. The van der Waals surface area contributed by atoms with Crippen LogP contribution in [0.3, 0.4) is 0 Å². The summed E-state index contributed by atoms with van der Waals surface area (Å²) in [5.74, 6) is 0.0358. The normalized spacial score (nSPS) is 17.9. The molecule has 2 fully saturated rings. The smallest absolute Gasteiger partial charge is 0.410 e. The van der Waals surface area contributed by atoms with Gasteiger partial charge in [0.05, 0.1) is 6.54 Å². The van der Waals surface area contributed by atoms with E-state index in [0.717, 1.165) is 11.3 Å². The minimum Gasteiger partial charge on any atom is -0.441 e. The van der Waals surface area contributed by atoms with Crippen LogP contribution in [0.1, 0.15) is 55.1 Å². The van der Waals surface area contributed by atoms with Crippen molar-refractivity contribution in [3.63, 3.8) is 0 Å². The van der Waals surface area contributed by atoms with E-state index in [2.05, 4.69) is 45.0 Å². The molecule has 6 heteroatoms. The van der Waals surface area contributed by atoms with Crippen molar-refractivity contribution in [3.05, 3.63) is 65.2 Å². The largest absolute Gasteiger partial charge is 0.441 e.